The van der Waals surface area contributed by atoms with Crippen LogP contribution in [0, 0.1) is 0 Å². The number of aliphatic hydroxyl groups is 8. The lowest BCUT2D eigenvalue weighted by Crippen LogP contribution is -2.59. The van der Waals surface area contributed by atoms with Crippen LogP contribution in [0.1, 0.15) is 110 Å². The monoisotopic (exact) mass is 681 g/mol. The summed E-state index contributed by atoms with van der Waals surface area (Å²) in [5.74, 6) is 0. The summed E-state index contributed by atoms with van der Waals surface area (Å²) in [6.45, 7) is 4.52. The molecule has 2 aliphatic heterocycles. The van der Waals surface area contributed by atoms with Crippen molar-refractivity contribution in [2.45, 2.75) is 171 Å². The molecule has 0 amide bonds. The second kappa shape index (κ2) is 25.4. The van der Waals surface area contributed by atoms with Gasteiger partial charge >= 0.3 is 0 Å². The maximum Gasteiger partial charge on any atom is 0.186 e. The Morgan fingerprint density at radius 1 is 0.447 bits per heavy atom. The summed E-state index contributed by atoms with van der Waals surface area (Å²) in [4.78, 5) is 2.41. The van der Waals surface area contributed by atoms with Crippen molar-refractivity contribution >= 4 is 0 Å². The molecule has 0 unspecified atom stereocenters. The van der Waals surface area contributed by atoms with E-state index < -0.39 is 74.6 Å². The first kappa shape index (κ1) is 42.6. The molecule has 0 saturated carbocycles. The summed E-state index contributed by atoms with van der Waals surface area (Å²) in [5, 5.41) is 78.9. The Morgan fingerprint density at radius 3 is 1.15 bits per heavy atom. The van der Waals surface area contributed by atoms with Crippen LogP contribution < -0.4 is 0 Å². The molecular formula is C34H67NO12. The molecule has 0 aromatic heterocycles. The van der Waals surface area contributed by atoms with Gasteiger partial charge in [0.15, 0.2) is 12.6 Å². The highest BCUT2D eigenvalue weighted by molar-refractivity contribution is 4.89. The minimum atomic E-state index is -1.46. The Morgan fingerprint density at radius 2 is 0.787 bits per heavy atom. The lowest BCUT2D eigenvalue weighted by molar-refractivity contribution is -0.301. The van der Waals surface area contributed by atoms with Crippen molar-refractivity contribution in [3.63, 3.8) is 0 Å². The summed E-state index contributed by atoms with van der Waals surface area (Å²) < 4.78 is 22.1. The van der Waals surface area contributed by atoms with Crippen LogP contribution in [0.2, 0.25) is 0 Å². The predicted molar refractivity (Wildman–Crippen MR) is 175 cm³/mol. The zero-order valence-electron chi connectivity index (χ0n) is 28.7. The third-order valence-corrected chi connectivity index (χ3v) is 9.33. The normalized spacial score (nSPS) is 31.5. The Bertz CT molecular complexity index is 704. The van der Waals surface area contributed by atoms with Crippen molar-refractivity contribution in [2.75, 3.05) is 46.1 Å². The average Bonchev–Trinajstić information content (AvgIpc) is 3.07. The largest absolute Gasteiger partial charge is 0.394 e. The number of ether oxygens (including phenoxy) is 4. The number of hydrogen-bond acceptors (Lipinski definition) is 13. The van der Waals surface area contributed by atoms with E-state index in [-0.39, 0.29) is 0 Å². The van der Waals surface area contributed by atoms with Crippen molar-refractivity contribution in [1.29, 1.82) is 0 Å². The minimum Gasteiger partial charge on any atom is -0.394 e. The standard InChI is InChI=1S/C34H67NO12/c1-2-3-4-5-6-7-8-9-10-11-12-13-18-35(19-14-16-21-44-33-31(42)29(40)27(38)25(23-36)46-33)20-15-17-22-45-34-32(43)30(41)28(39)26(24-37)47-34/h25-34,36-43H,2-24H2,1H3/t25-,26-,27-,28-,29+,30+,31-,32-,33-,34-/m1/s1. The SMILES string of the molecule is CCCCCCCCCCCCCCN(CCCCO[C@@H]1O[C@H](CO)[C@@H](O)[C@H](O)[C@H]1O)CCCCO[C@@H]1O[C@H](CO)[C@@H](O)[C@H](O)[C@H]1O. The van der Waals surface area contributed by atoms with Gasteiger partial charge in [-0.05, 0) is 51.7 Å². The van der Waals surface area contributed by atoms with Gasteiger partial charge in [-0.3, -0.25) is 0 Å². The Kier molecular flexibility index (Phi) is 23.1. The Labute approximate surface area is 281 Å². The molecule has 2 heterocycles. The van der Waals surface area contributed by atoms with Crippen LogP contribution in [-0.2, 0) is 18.9 Å². The molecule has 13 nitrogen and oxygen atoms in total. The van der Waals surface area contributed by atoms with E-state index in [4.69, 9.17) is 18.9 Å². The maximum atomic E-state index is 10.2. The summed E-state index contributed by atoms with van der Waals surface area (Å²) in [5.41, 5.74) is 0. The van der Waals surface area contributed by atoms with Gasteiger partial charge in [0.2, 0.25) is 0 Å². The second-order valence-corrected chi connectivity index (χ2v) is 13.3. The van der Waals surface area contributed by atoms with Crippen LogP contribution in [0.5, 0.6) is 0 Å². The quantitative estimate of drug-likeness (QED) is 0.0575. The highest BCUT2D eigenvalue weighted by atomic mass is 16.7. The van der Waals surface area contributed by atoms with E-state index in [9.17, 15) is 40.9 Å². The molecule has 0 aromatic rings. The zero-order chi connectivity index (χ0) is 34.4. The number of hydrogen-bond donors (Lipinski definition) is 8. The van der Waals surface area contributed by atoms with Crippen LogP contribution in [0.4, 0.5) is 0 Å². The molecule has 8 N–H and O–H groups in total. The lowest BCUT2D eigenvalue weighted by Gasteiger charge is -2.39. The second-order valence-electron chi connectivity index (χ2n) is 13.3. The average molecular weight is 682 g/mol. The highest BCUT2D eigenvalue weighted by Gasteiger charge is 2.45. The van der Waals surface area contributed by atoms with Crippen molar-refractivity contribution in [3.8, 4) is 0 Å². The summed E-state index contributed by atoms with van der Waals surface area (Å²) in [6, 6.07) is 0. The molecule has 280 valence electrons. The van der Waals surface area contributed by atoms with Crippen molar-refractivity contribution in [1.82, 2.24) is 4.90 Å². The molecule has 0 aliphatic carbocycles. The summed E-state index contributed by atoms with van der Waals surface area (Å²) in [7, 11) is 0. The van der Waals surface area contributed by atoms with Gasteiger partial charge in [0.25, 0.3) is 0 Å². The van der Waals surface area contributed by atoms with E-state index in [1.807, 2.05) is 0 Å². The van der Waals surface area contributed by atoms with E-state index in [2.05, 4.69) is 11.8 Å². The summed E-state index contributed by atoms with van der Waals surface area (Å²) in [6.07, 6.45) is 5.84. The smallest absolute Gasteiger partial charge is 0.186 e. The number of nitrogens with zero attached hydrogens (tertiary/aromatic N) is 1. The Hall–Kier alpha value is -0.520. The van der Waals surface area contributed by atoms with E-state index in [1.54, 1.807) is 0 Å². The van der Waals surface area contributed by atoms with E-state index in [0.717, 1.165) is 38.9 Å². The number of rotatable bonds is 27. The van der Waals surface area contributed by atoms with Gasteiger partial charge in [-0.25, -0.2) is 0 Å². The third-order valence-electron chi connectivity index (χ3n) is 9.33. The topological polar surface area (TPSA) is 202 Å². The molecule has 0 aromatic carbocycles. The molecule has 0 spiro atoms. The van der Waals surface area contributed by atoms with Crippen molar-refractivity contribution in [3.05, 3.63) is 0 Å². The van der Waals surface area contributed by atoms with Gasteiger partial charge in [-0.15, -0.1) is 0 Å². The fraction of sp³-hybridized carbons (Fsp3) is 1.00. The Balaban J connectivity index is 1.69. The van der Waals surface area contributed by atoms with Crippen LogP contribution >= 0.6 is 0 Å². The molecule has 2 saturated heterocycles. The molecule has 47 heavy (non-hydrogen) atoms. The van der Waals surface area contributed by atoms with Crippen LogP contribution in [0.3, 0.4) is 0 Å². The molecule has 2 aliphatic rings. The van der Waals surface area contributed by atoms with E-state index in [1.165, 1.54) is 70.6 Å². The molecule has 10 atom stereocenters. The molecule has 2 fully saturated rings. The van der Waals surface area contributed by atoms with Crippen LogP contribution in [-0.4, -0.2) is 153 Å². The first-order valence-electron chi connectivity index (χ1n) is 18.3. The zero-order valence-corrected chi connectivity index (χ0v) is 28.7. The van der Waals surface area contributed by atoms with Crippen molar-refractivity contribution < 1.29 is 59.8 Å². The molecule has 2 rings (SSSR count). The maximum absolute atomic E-state index is 10.2. The first-order valence-corrected chi connectivity index (χ1v) is 18.3. The molecule has 0 bridgehead atoms. The predicted octanol–water partition coefficient (Wildman–Crippen LogP) is 1.18. The van der Waals surface area contributed by atoms with Crippen LogP contribution in [0.15, 0.2) is 0 Å². The molecular weight excluding hydrogens is 614 g/mol. The van der Waals surface area contributed by atoms with Gasteiger partial charge in [0.05, 0.1) is 13.2 Å². The van der Waals surface area contributed by atoms with E-state index in [0.29, 0.717) is 26.1 Å². The fourth-order valence-corrected chi connectivity index (χ4v) is 6.20. The molecule has 0 radical (unpaired) electrons. The molecule has 13 heteroatoms. The van der Waals surface area contributed by atoms with Gasteiger partial charge < -0.3 is 64.7 Å². The third kappa shape index (κ3) is 15.9. The van der Waals surface area contributed by atoms with Gasteiger partial charge in [0, 0.05) is 13.2 Å². The lowest BCUT2D eigenvalue weighted by atomic mass is 9.99. The highest BCUT2D eigenvalue weighted by Crippen LogP contribution is 2.23. The summed E-state index contributed by atoms with van der Waals surface area (Å²) >= 11 is 0. The van der Waals surface area contributed by atoms with Gasteiger partial charge in [-0.2, -0.15) is 0 Å². The number of aliphatic hydroxyl groups excluding tert-OH is 8. The minimum absolute atomic E-state index is 0.294. The van der Waals surface area contributed by atoms with Crippen LogP contribution in [0.25, 0.3) is 0 Å². The number of unbranched alkanes of at least 4 members (excludes halogenated alkanes) is 13. The van der Waals surface area contributed by atoms with E-state index >= 15 is 0 Å². The van der Waals surface area contributed by atoms with Crippen molar-refractivity contribution in [2.24, 2.45) is 0 Å². The first-order chi connectivity index (χ1) is 22.7. The van der Waals surface area contributed by atoms with Gasteiger partial charge in [0.1, 0.15) is 48.8 Å². The van der Waals surface area contributed by atoms with Gasteiger partial charge in [-0.1, -0.05) is 77.6 Å². The fourth-order valence-electron chi connectivity index (χ4n) is 6.20.